The van der Waals surface area contributed by atoms with Crippen LogP contribution in [-0.4, -0.2) is 29.2 Å². The van der Waals surface area contributed by atoms with Crippen molar-refractivity contribution < 1.29 is 9.53 Å². The molecule has 0 radical (unpaired) electrons. The van der Waals surface area contributed by atoms with Crippen LogP contribution in [0.2, 0.25) is 5.02 Å². The molecule has 0 aromatic heterocycles. The Kier molecular flexibility index (Phi) is 5.38. The number of rotatable bonds is 3. The van der Waals surface area contributed by atoms with Crippen LogP contribution in [0.4, 0.5) is 4.79 Å². The number of amides is 1. The maximum Gasteiger partial charge on any atom is 0.410 e. The Bertz CT molecular complexity index is 536. The molecule has 1 amide bonds. The summed E-state index contributed by atoms with van der Waals surface area (Å²) in [5.74, 6) is 0. The minimum absolute atomic E-state index is 0.195. The highest BCUT2D eigenvalue weighted by molar-refractivity contribution is 6.31. The second kappa shape index (κ2) is 6.91. The van der Waals surface area contributed by atoms with Gasteiger partial charge < -0.3 is 9.64 Å². The van der Waals surface area contributed by atoms with Crippen molar-refractivity contribution in [2.24, 2.45) is 0 Å². The number of hydrogen-bond donors (Lipinski definition) is 0. The predicted octanol–water partition coefficient (Wildman–Crippen LogP) is 4.84. The van der Waals surface area contributed by atoms with Crippen molar-refractivity contribution >= 4 is 17.7 Å². The minimum atomic E-state index is -0.445. The van der Waals surface area contributed by atoms with Crippen LogP contribution < -0.4 is 0 Å². The molecule has 3 nitrogen and oxygen atoms in total. The number of nitrogens with zero attached hydrogens (tertiary/aromatic N) is 1. The normalized spacial score (nSPS) is 18.6. The van der Waals surface area contributed by atoms with Gasteiger partial charge in [-0.05, 0) is 63.6 Å². The van der Waals surface area contributed by atoms with Crippen molar-refractivity contribution in [1.82, 2.24) is 4.90 Å². The summed E-state index contributed by atoms with van der Waals surface area (Å²) in [7, 11) is 0. The fourth-order valence-electron chi connectivity index (χ4n) is 2.91. The van der Waals surface area contributed by atoms with Gasteiger partial charge in [-0.3, -0.25) is 0 Å². The SMILES string of the molecule is CCc1cc(C[C@@H]2CCCN2C(=O)OC(C)(C)C)ccc1Cl. The zero-order chi connectivity index (χ0) is 16.3. The monoisotopic (exact) mass is 323 g/mol. The molecule has 0 bridgehead atoms. The van der Waals surface area contributed by atoms with Crippen molar-refractivity contribution in [2.75, 3.05) is 6.54 Å². The number of carbonyl (C=O) groups excluding carboxylic acids is 1. The third-order valence-electron chi connectivity index (χ3n) is 3.97. The lowest BCUT2D eigenvalue weighted by Crippen LogP contribution is -2.40. The molecule has 0 saturated carbocycles. The third-order valence-corrected chi connectivity index (χ3v) is 4.34. The van der Waals surface area contributed by atoms with Crippen LogP contribution in [0.5, 0.6) is 0 Å². The lowest BCUT2D eigenvalue weighted by Gasteiger charge is -2.28. The van der Waals surface area contributed by atoms with Gasteiger partial charge in [-0.2, -0.15) is 0 Å². The fourth-order valence-corrected chi connectivity index (χ4v) is 3.16. The molecule has 1 aromatic rings. The quantitative estimate of drug-likeness (QED) is 0.796. The molecular weight excluding hydrogens is 298 g/mol. The summed E-state index contributed by atoms with van der Waals surface area (Å²) < 4.78 is 5.52. The first-order chi connectivity index (χ1) is 10.3. The Morgan fingerprint density at radius 1 is 1.41 bits per heavy atom. The topological polar surface area (TPSA) is 29.5 Å². The zero-order valence-electron chi connectivity index (χ0n) is 14.0. The highest BCUT2D eigenvalue weighted by Gasteiger charge is 2.32. The number of ether oxygens (including phenoxy) is 1. The molecule has 1 saturated heterocycles. The molecule has 1 fully saturated rings. The van der Waals surface area contributed by atoms with Crippen molar-refractivity contribution in [1.29, 1.82) is 0 Å². The molecule has 1 heterocycles. The molecule has 122 valence electrons. The molecule has 0 unspecified atom stereocenters. The second-order valence-corrected chi connectivity index (χ2v) is 7.36. The number of aryl methyl sites for hydroxylation is 1. The van der Waals surface area contributed by atoms with Crippen LogP contribution >= 0.6 is 11.6 Å². The van der Waals surface area contributed by atoms with E-state index >= 15 is 0 Å². The van der Waals surface area contributed by atoms with E-state index < -0.39 is 5.60 Å². The lowest BCUT2D eigenvalue weighted by atomic mass is 10.0. The van der Waals surface area contributed by atoms with Gasteiger partial charge in [0.2, 0.25) is 0 Å². The number of hydrogen-bond acceptors (Lipinski definition) is 2. The second-order valence-electron chi connectivity index (χ2n) is 6.95. The summed E-state index contributed by atoms with van der Waals surface area (Å²) in [6.07, 6.45) is 3.66. The Morgan fingerprint density at radius 2 is 2.14 bits per heavy atom. The minimum Gasteiger partial charge on any atom is -0.444 e. The maximum atomic E-state index is 12.3. The van der Waals surface area contributed by atoms with Gasteiger partial charge in [-0.25, -0.2) is 4.79 Å². The molecule has 1 aliphatic heterocycles. The van der Waals surface area contributed by atoms with Crippen molar-refractivity contribution in [2.45, 2.75) is 65.0 Å². The van der Waals surface area contributed by atoms with Gasteiger partial charge in [-0.15, -0.1) is 0 Å². The van der Waals surface area contributed by atoms with Gasteiger partial charge in [0.1, 0.15) is 5.60 Å². The molecule has 0 N–H and O–H groups in total. The molecule has 4 heteroatoms. The van der Waals surface area contributed by atoms with Gasteiger partial charge in [0.05, 0.1) is 0 Å². The van der Waals surface area contributed by atoms with E-state index in [0.717, 1.165) is 37.3 Å². The van der Waals surface area contributed by atoms with Crippen LogP contribution in [0.25, 0.3) is 0 Å². The van der Waals surface area contributed by atoms with Crippen molar-refractivity contribution in [3.8, 4) is 0 Å². The van der Waals surface area contributed by atoms with E-state index in [0.29, 0.717) is 0 Å². The molecule has 1 aliphatic rings. The summed E-state index contributed by atoms with van der Waals surface area (Å²) in [6.45, 7) is 8.61. The average Bonchev–Trinajstić information content (AvgIpc) is 2.87. The largest absolute Gasteiger partial charge is 0.444 e. The van der Waals surface area contributed by atoms with E-state index in [2.05, 4.69) is 19.1 Å². The van der Waals surface area contributed by atoms with Gasteiger partial charge >= 0.3 is 6.09 Å². The number of likely N-dealkylation sites (tertiary alicyclic amines) is 1. The Hall–Kier alpha value is -1.22. The number of carbonyl (C=O) groups is 1. The fraction of sp³-hybridized carbons (Fsp3) is 0.611. The Labute approximate surface area is 138 Å². The number of benzene rings is 1. The summed E-state index contributed by atoms with van der Waals surface area (Å²) in [5.41, 5.74) is 1.96. The Morgan fingerprint density at radius 3 is 2.77 bits per heavy atom. The van der Waals surface area contributed by atoms with Crippen molar-refractivity contribution in [3.63, 3.8) is 0 Å². The van der Waals surface area contributed by atoms with E-state index in [9.17, 15) is 4.79 Å². The lowest BCUT2D eigenvalue weighted by molar-refractivity contribution is 0.0227. The van der Waals surface area contributed by atoms with Crippen LogP contribution in [0.15, 0.2) is 18.2 Å². The van der Waals surface area contributed by atoms with Crippen LogP contribution in [0.1, 0.15) is 51.7 Å². The van der Waals surface area contributed by atoms with E-state index in [4.69, 9.17) is 16.3 Å². The molecule has 0 spiro atoms. The summed E-state index contributed by atoms with van der Waals surface area (Å²) in [6, 6.07) is 6.41. The van der Waals surface area contributed by atoms with Gasteiger partial charge in [-0.1, -0.05) is 30.7 Å². The zero-order valence-corrected chi connectivity index (χ0v) is 14.7. The third kappa shape index (κ3) is 4.39. The van der Waals surface area contributed by atoms with E-state index in [1.807, 2.05) is 31.7 Å². The van der Waals surface area contributed by atoms with Crippen LogP contribution in [-0.2, 0) is 17.6 Å². The molecule has 0 aliphatic carbocycles. The summed E-state index contributed by atoms with van der Waals surface area (Å²) in [4.78, 5) is 14.2. The summed E-state index contributed by atoms with van der Waals surface area (Å²) in [5, 5.41) is 0.821. The van der Waals surface area contributed by atoms with Gasteiger partial charge in [0.15, 0.2) is 0 Å². The smallest absolute Gasteiger partial charge is 0.410 e. The van der Waals surface area contributed by atoms with Crippen LogP contribution in [0.3, 0.4) is 0 Å². The standard InChI is InChI=1S/C18H26ClNO2/c1-5-14-11-13(8-9-16(14)19)12-15-7-6-10-20(15)17(21)22-18(2,3)4/h8-9,11,15H,5-7,10,12H2,1-4H3/t15-/m0/s1. The Balaban J connectivity index is 2.06. The molecule has 2 rings (SSSR count). The molecule has 1 atom stereocenters. The van der Waals surface area contributed by atoms with E-state index in [1.54, 1.807) is 0 Å². The maximum absolute atomic E-state index is 12.3. The predicted molar refractivity (Wildman–Crippen MR) is 90.5 cm³/mol. The van der Waals surface area contributed by atoms with Gasteiger partial charge in [0.25, 0.3) is 0 Å². The van der Waals surface area contributed by atoms with Crippen molar-refractivity contribution in [3.05, 3.63) is 34.3 Å². The number of halogens is 1. The van der Waals surface area contributed by atoms with Crippen LogP contribution in [0, 0.1) is 0 Å². The molecule has 22 heavy (non-hydrogen) atoms. The first-order valence-electron chi connectivity index (χ1n) is 8.07. The first-order valence-corrected chi connectivity index (χ1v) is 8.45. The van der Waals surface area contributed by atoms with E-state index in [-0.39, 0.29) is 12.1 Å². The van der Waals surface area contributed by atoms with Gasteiger partial charge in [0, 0.05) is 17.6 Å². The highest BCUT2D eigenvalue weighted by Crippen LogP contribution is 2.25. The first kappa shape index (κ1) is 17.1. The molecular formula is C18H26ClNO2. The highest BCUT2D eigenvalue weighted by atomic mass is 35.5. The average molecular weight is 324 g/mol. The molecule has 1 aromatic carbocycles. The summed E-state index contributed by atoms with van der Waals surface area (Å²) >= 11 is 6.18. The van der Waals surface area contributed by atoms with E-state index in [1.165, 1.54) is 11.1 Å².